The summed E-state index contributed by atoms with van der Waals surface area (Å²) in [5, 5.41) is 0. The van der Waals surface area contributed by atoms with Gasteiger partial charge in [-0.05, 0) is 12.8 Å². The highest BCUT2D eigenvalue weighted by atomic mass is 14.7. The van der Waals surface area contributed by atoms with Crippen LogP contribution in [0.25, 0.3) is 0 Å². The number of hydrogen-bond acceptors (Lipinski definition) is 1. The van der Waals surface area contributed by atoms with Crippen molar-refractivity contribution in [2.75, 3.05) is 6.54 Å². The zero-order valence-corrected chi connectivity index (χ0v) is 7.56. The molecule has 0 rings (SSSR count). The van der Waals surface area contributed by atoms with Crippen LogP contribution in [0.4, 0.5) is 0 Å². The Morgan fingerprint density at radius 3 is 2.73 bits per heavy atom. The molecule has 0 spiro atoms. The lowest BCUT2D eigenvalue weighted by Crippen LogP contribution is -1.78. The molecular weight excluding hydrogens is 134 g/mol. The molecule has 62 valence electrons. The normalized spacial score (nSPS) is 9.64. The molecule has 0 aliphatic heterocycles. The maximum absolute atomic E-state index is 4.13. The molecule has 0 fully saturated rings. The van der Waals surface area contributed by atoms with Crippen LogP contribution >= 0.6 is 0 Å². The van der Waals surface area contributed by atoms with Crippen LogP contribution in [0, 0.1) is 11.8 Å². The Morgan fingerprint density at radius 1 is 1.27 bits per heavy atom. The van der Waals surface area contributed by atoms with Crippen molar-refractivity contribution in [1.82, 2.24) is 0 Å². The summed E-state index contributed by atoms with van der Waals surface area (Å²) in [5.41, 5.74) is 0. The highest BCUT2D eigenvalue weighted by molar-refractivity contribution is 5.78. The van der Waals surface area contributed by atoms with Crippen molar-refractivity contribution in [3.05, 3.63) is 0 Å². The second-order valence-electron chi connectivity index (χ2n) is 2.46. The third-order valence-electron chi connectivity index (χ3n) is 1.27. The molecule has 0 saturated carbocycles. The molecular formula is C10H17N. The quantitative estimate of drug-likeness (QED) is 0.333. The first-order chi connectivity index (χ1) is 5.41. The van der Waals surface area contributed by atoms with Crippen molar-refractivity contribution in [1.29, 1.82) is 0 Å². The number of aliphatic imine (C=N–C) groups is 1. The molecule has 0 heterocycles. The second-order valence-corrected chi connectivity index (χ2v) is 2.46. The van der Waals surface area contributed by atoms with Crippen LogP contribution in [-0.2, 0) is 0 Å². The summed E-state index contributed by atoms with van der Waals surface area (Å²) in [6.07, 6.45) is 6.23. The van der Waals surface area contributed by atoms with Gasteiger partial charge in [0.2, 0.25) is 0 Å². The van der Waals surface area contributed by atoms with E-state index in [9.17, 15) is 0 Å². The number of hydrogen-bond donors (Lipinski definition) is 0. The summed E-state index contributed by atoms with van der Waals surface area (Å²) >= 11 is 0. The molecule has 0 unspecified atom stereocenters. The van der Waals surface area contributed by atoms with Gasteiger partial charge in [0.25, 0.3) is 0 Å². The van der Waals surface area contributed by atoms with E-state index < -0.39 is 0 Å². The lowest BCUT2D eigenvalue weighted by molar-refractivity contribution is 0.810. The van der Waals surface area contributed by atoms with Crippen LogP contribution in [0.15, 0.2) is 4.99 Å². The van der Waals surface area contributed by atoms with E-state index in [4.69, 9.17) is 0 Å². The molecule has 11 heavy (non-hydrogen) atoms. The Hall–Kier alpha value is -0.770. The molecule has 0 aromatic rings. The second kappa shape index (κ2) is 9.23. The van der Waals surface area contributed by atoms with Gasteiger partial charge >= 0.3 is 0 Å². The van der Waals surface area contributed by atoms with E-state index in [-0.39, 0.29) is 0 Å². The molecule has 1 heteroatoms. The van der Waals surface area contributed by atoms with E-state index >= 15 is 0 Å². The number of rotatable bonds is 4. The third-order valence-corrected chi connectivity index (χ3v) is 1.27. The van der Waals surface area contributed by atoms with Gasteiger partial charge in [-0.3, -0.25) is 4.99 Å². The van der Waals surface area contributed by atoms with Crippen molar-refractivity contribution in [3.8, 4) is 11.8 Å². The maximum atomic E-state index is 4.13. The number of unbranched alkanes of at least 4 members (excludes halogenated alkanes) is 2. The van der Waals surface area contributed by atoms with E-state index in [1.165, 1.54) is 12.8 Å². The van der Waals surface area contributed by atoms with Crippen LogP contribution in [0.2, 0.25) is 0 Å². The Bertz CT molecular complexity index is 148. The van der Waals surface area contributed by atoms with Crippen LogP contribution < -0.4 is 0 Å². The van der Waals surface area contributed by atoms with Gasteiger partial charge in [-0.25, -0.2) is 0 Å². The van der Waals surface area contributed by atoms with Crippen molar-refractivity contribution in [3.63, 3.8) is 0 Å². The Morgan fingerprint density at radius 2 is 2.09 bits per heavy atom. The molecule has 0 aliphatic rings. The molecule has 0 radical (unpaired) electrons. The molecule has 0 atom stereocenters. The first kappa shape index (κ1) is 10.2. The van der Waals surface area contributed by atoms with Gasteiger partial charge in [-0.1, -0.05) is 32.1 Å². The van der Waals surface area contributed by atoms with Crippen molar-refractivity contribution >= 4 is 6.21 Å². The standard InChI is InChI=1S/C10H17N/c1-3-5-7-8-10-11-9-6-4-2/h10H,3-6,9H2,1-2H3. The molecule has 0 N–H and O–H groups in total. The predicted molar refractivity (Wildman–Crippen MR) is 51.0 cm³/mol. The Labute approximate surface area is 69.9 Å². The van der Waals surface area contributed by atoms with Gasteiger partial charge in [0.1, 0.15) is 0 Å². The zero-order chi connectivity index (χ0) is 8.36. The van der Waals surface area contributed by atoms with Gasteiger partial charge < -0.3 is 0 Å². The largest absolute Gasteiger partial charge is 0.284 e. The topological polar surface area (TPSA) is 12.4 Å². The van der Waals surface area contributed by atoms with E-state index in [1.54, 1.807) is 6.21 Å². The Balaban J connectivity index is 3.23. The van der Waals surface area contributed by atoms with Gasteiger partial charge in [0.05, 0.1) is 6.21 Å². The van der Waals surface area contributed by atoms with Crippen LogP contribution in [0.1, 0.15) is 39.5 Å². The van der Waals surface area contributed by atoms with Crippen molar-refractivity contribution < 1.29 is 0 Å². The lowest BCUT2D eigenvalue weighted by Gasteiger charge is -1.84. The molecule has 0 saturated heterocycles. The maximum Gasteiger partial charge on any atom is 0.0710 e. The molecule has 0 aromatic carbocycles. The fourth-order valence-corrected chi connectivity index (χ4v) is 0.602. The smallest absolute Gasteiger partial charge is 0.0710 e. The minimum Gasteiger partial charge on any atom is -0.284 e. The van der Waals surface area contributed by atoms with Gasteiger partial charge in [0, 0.05) is 13.0 Å². The summed E-state index contributed by atoms with van der Waals surface area (Å²) in [6, 6.07) is 0. The molecule has 1 nitrogen and oxygen atoms in total. The van der Waals surface area contributed by atoms with Crippen LogP contribution in [0.5, 0.6) is 0 Å². The minimum absolute atomic E-state index is 0.928. The fourth-order valence-electron chi connectivity index (χ4n) is 0.602. The van der Waals surface area contributed by atoms with E-state index in [2.05, 4.69) is 30.7 Å². The summed E-state index contributed by atoms with van der Waals surface area (Å²) in [4.78, 5) is 4.13. The first-order valence-electron chi connectivity index (χ1n) is 4.38. The minimum atomic E-state index is 0.928. The van der Waals surface area contributed by atoms with E-state index in [1.807, 2.05) is 0 Å². The first-order valence-corrected chi connectivity index (χ1v) is 4.38. The van der Waals surface area contributed by atoms with Gasteiger partial charge in [0.15, 0.2) is 0 Å². The molecule has 0 aliphatic carbocycles. The fraction of sp³-hybridized carbons (Fsp3) is 0.700. The molecule has 0 aromatic heterocycles. The van der Waals surface area contributed by atoms with Crippen LogP contribution in [-0.4, -0.2) is 12.8 Å². The van der Waals surface area contributed by atoms with E-state index in [0.29, 0.717) is 0 Å². The lowest BCUT2D eigenvalue weighted by atomic mass is 10.3. The SMILES string of the molecule is CCCC#CC=NCCCC. The zero-order valence-electron chi connectivity index (χ0n) is 7.56. The summed E-state index contributed by atoms with van der Waals surface area (Å²) in [5.74, 6) is 5.92. The van der Waals surface area contributed by atoms with Gasteiger partial charge in [-0.2, -0.15) is 0 Å². The van der Waals surface area contributed by atoms with Crippen molar-refractivity contribution in [2.24, 2.45) is 4.99 Å². The summed E-state index contributed by atoms with van der Waals surface area (Å²) in [7, 11) is 0. The Kier molecular flexibility index (Phi) is 8.58. The van der Waals surface area contributed by atoms with Crippen LogP contribution in [0.3, 0.4) is 0 Å². The average molecular weight is 151 g/mol. The van der Waals surface area contributed by atoms with Gasteiger partial charge in [-0.15, -0.1) is 0 Å². The molecule has 0 amide bonds. The molecule has 0 bridgehead atoms. The average Bonchev–Trinajstić information content (AvgIpc) is 2.03. The monoisotopic (exact) mass is 151 g/mol. The van der Waals surface area contributed by atoms with Crippen molar-refractivity contribution in [2.45, 2.75) is 39.5 Å². The predicted octanol–water partition coefficient (Wildman–Crippen LogP) is 2.66. The summed E-state index contributed by atoms with van der Waals surface area (Å²) < 4.78 is 0. The van der Waals surface area contributed by atoms with E-state index in [0.717, 1.165) is 19.4 Å². The summed E-state index contributed by atoms with van der Waals surface area (Å²) in [6.45, 7) is 5.22. The highest BCUT2D eigenvalue weighted by Gasteiger charge is 1.75. The highest BCUT2D eigenvalue weighted by Crippen LogP contribution is 1.85. The number of nitrogens with zero attached hydrogens (tertiary/aromatic N) is 1. The third kappa shape index (κ3) is 9.23.